The van der Waals surface area contributed by atoms with Gasteiger partial charge in [-0.3, -0.25) is 0 Å². The van der Waals surface area contributed by atoms with Crippen LogP contribution in [0.25, 0.3) is 0 Å². The summed E-state index contributed by atoms with van der Waals surface area (Å²) in [5.41, 5.74) is 0.823. The summed E-state index contributed by atoms with van der Waals surface area (Å²) >= 11 is 0. The summed E-state index contributed by atoms with van der Waals surface area (Å²) in [4.78, 5) is 13.8. The van der Waals surface area contributed by atoms with Crippen LogP contribution < -0.4 is 5.32 Å². The van der Waals surface area contributed by atoms with Gasteiger partial charge in [0.15, 0.2) is 0 Å². The molecule has 0 aromatic heterocycles. The molecule has 2 atom stereocenters. The van der Waals surface area contributed by atoms with E-state index in [9.17, 15) is 4.79 Å². The van der Waals surface area contributed by atoms with Gasteiger partial charge in [0.1, 0.15) is 0 Å². The zero-order chi connectivity index (χ0) is 12.3. The molecule has 2 amide bonds. The van der Waals surface area contributed by atoms with Gasteiger partial charge in [-0.05, 0) is 26.0 Å². The zero-order valence-electron chi connectivity index (χ0n) is 10.2. The molecule has 1 aliphatic rings. The molecule has 1 fully saturated rings. The van der Waals surface area contributed by atoms with Crippen molar-refractivity contribution >= 4 is 11.7 Å². The first-order valence-corrected chi connectivity index (χ1v) is 5.91. The van der Waals surface area contributed by atoms with Gasteiger partial charge in [0.2, 0.25) is 0 Å². The Labute approximate surface area is 102 Å². The van der Waals surface area contributed by atoms with Crippen molar-refractivity contribution in [3.05, 3.63) is 30.3 Å². The molecule has 2 rings (SSSR count). The van der Waals surface area contributed by atoms with Gasteiger partial charge >= 0.3 is 6.03 Å². The highest BCUT2D eigenvalue weighted by Gasteiger charge is 2.25. The van der Waals surface area contributed by atoms with E-state index in [1.54, 1.807) is 4.90 Å². The second kappa shape index (κ2) is 5.19. The van der Waals surface area contributed by atoms with Crippen molar-refractivity contribution in [2.75, 3.05) is 18.4 Å². The zero-order valence-corrected chi connectivity index (χ0v) is 10.2. The minimum atomic E-state index is -0.0572. The smallest absolute Gasteiger partial charge is 0.322 e. The lowest BCUT2D eigenvalue weighted by Crippen LogP contribution is -2.49. The van der Waals surface area contributed by atoms with Crippen LogP contribution in [0.3, 0.4) is 0 Å². The molecule has 4 heteroatoms. The molecular weight excluding hydrogens is 216 g/mol. The van der Waals surface area contributed by atoms with Gasteiger partial charge in [0, 0.05) is 18.8 Å². The van der Waals surface area contributed by atoms with E-state index in [-0.39, 0.29) is 18.2 Å². The van der Waals surface area contributed by atoms with Crippen LogP contribution >= 0.6 is 0 Å². The van der Waals surface area contributed by atoms with Crippen molar-refractivity contribution < 1.29 is 9.53 Å². The summed E-state index contributed by atoms with van der Waals surface area (Å²) in [6, 6.07) is 9.43. The molecule has 0 spiro atoms. The summed E-state index contributed by atoms with van der Waals surface area (Å²) in [5.74, 6) is 0. The highest BCUT2D eigenvalue weighted by Crippen LogP contribution is 2.13. The fourth-order valence-electron chi connectivity index (χ4n) is 2.07. The van der Waals surface area contributed by atoms with Crippen molar-refractivity contribution in [3.63, 3.8) is 0 Å². The lowest BCUT2D eigenvalue weighted by atomic mass is 10.2. The molecular formula is C13H18N2O2. The van der Waals surface area contributed by atoms with Crippen LogP contribution in [-0.2, 0) is 4.74 Å². The molecule has 0 unspecified atom stereocenters. The number of rotatable bonds is 1. The molecule has 1 saturated heterocycles. The lowest BCUT2D eigenvalue weighted by Gasteiger charge is -2.35. The van der Waals surface area contributed by atoms with Crippen molar-refractivity contribution in [2.24, 2.45) is 0 Å². The average molecular weight is 234 g/mol. The number of carbonyl (C=O) groups is 1. The Balaban J connectivity index is 1.96. The monoisotopic (exact) mass is 234 g/mol. The predicted octanol–water partition coefficient (Wildman–Crippen LogP) is 2.33. The Kier molecular flexibility index (Phi) is 3.64. The number of amides is 2. The maximum Gasteiger partial charge on any atom is 0.322 e. The van der Waals surface area contributed by atoms with E-state index in [0.29, 0.717) is 13.1 Å². The summed E-state index contributed by atoms with van der Waals surface area (Å²) in [6.45, 7) is 5.25. The number of benzene rings is 1. The summed E-state index contributed by atoms with van der Waals surface area (Å²) in [5, 5.41) is 2.88. The lowest BCUT2D eigenvalue weighted by molar-refractivity contribution is -0.0530. The van der Waals surface area contributed by atoms with Crippen molar-refractivity contribution in [3.8, 4) is 0 Å². The summed E-state index contributed by atoms with van der Waals surface area (Å²) in [7, 11) is 0. The molecule has 1 aliphatic heterocycles. The molecule has 0 bridgehead atoms. The molecule has 4 nitrogen and oxygen atoms in total. The van der Waals surface area contributed by atoms with Gasteiger partial charge in [-0.15, -0.1) is 0 Å². The van der Waals surface area contributed by atoms with Gasteiger partial charge < -0.3 is 15.0 Å². The van der Waals surface area contributed by atoms with Crippen LogP contribution in [0, 0.1) is 0 Å². The minimum Gasteiger partial charge on any atom is -0.372 e. The van der Waals surface area contributed by atoms with E-state index in [0.717, 1.165) is 5.69 Å². The first-order valence-electron chi connectivity index (χ1n) is 5.91. The molecule has 1 aromatic rings. The van der Waals surface area contributed by atoms with Crippen LogP contribution in [-0.4, -0.2) is 36.2 Å². The highest BCUT2D eigenvalue weighted by atomic mass is 16.5. The van der Waals surface area contributed by atoms with E-state index in [2.05, 4.69) is 5.32 Å². The molecule has 0 radical (unpaired) electrons. The van der Waals surface area contributed by atoms with Gasteiger partial charge in [0.05, 0.1) is 12.2 Å². The van der Waals surface area contributed by atoms with Gasteiger partial charge in [-0.25, -0.2) is 4.79 Å². The quantitative estimate of drug-likeness (QED) is 0.810. The third kappa shape index (κ3) is 3.20. The van der Waals surface area contributed by atoms with Gasteiger partial charge in [0.25, 0.3) is 0 Å². The molecule has 1 aromatic carbocycles. The highest BCUT2D eigenvalue weighted by molar-refractivity contribution is 5.89. The minimum absolute atomic E-state index is 0.0572. The van der Waals surface area contributed by atoms with Crippen molar-refractivity contribution in [1.29, 1.82) is 0 Å². The Hall–Kier alpha value is -1.55. The molecule has 0 saturated carbocycles. The SMILES string of the molecule is C[C@@H]1CN(C(=O)Nc2ccccc2)C[C@H](C)O1. The largest absolute Gasteiger partial charge is 0.372 e. The fraction of sp³-hybridized carbons (Fsp3) is 0.462. The molecule has 0 aliphatic carbocycles. The first-order chi connectivity index (χ1) is 8.15. The number of anilines is 1. The molecule has 1 heterocycles. The predicted molar refractivity (Wildman–Crippen MR) is 67.0 cm³/mol. The van der Waals surface area contributed by atoms with E-state index >= 15 is 0 Å². The Morgan fingerprint density at radius 2 is 1.82 bits per heavy atom. The fourth-order valence-corrected chi connectivity index (χ4v) is 2.07. The maximum atomic E-state index is 12.0. The van der Waals surface area contributed by atoms with Crippen LogP contribution in [0.1, 0.15) is 13.8 Å². The van der Waals surface area contributed by atoms with E-state index < -0.39 is 0 Å². The number of para-hydroxylation sites is 1. The van der Waals surface area contributed by atoms with E-state index in [1.165, 1.54) is 0 Å². The average Bonchev–Trinajstić information content (AvgIpc) is 2.29. The molecule has 1 N–H and O–H groups in total. The Bertz CT molecular complexity index is 370. The maximum absolute atomic E-state index is 12.0. The number of carbonyl (C=O) groups excluding carboxylic acids is 1. The Morgan fingerprint density at radius 3 is 2.41 bits per heavy atom. The number of nitrogens with one attached hydrogen (secondary N) is 1. The van der Waals surface area contributed by atoms with Crippen molar-refractivity contribution in [1.82, 2.24) is 4.90 Å². The number of ether oxygens (including phenoxy) is 1. The third-order valence-corrected chi connectivity index (χ3v) is 2.73. The van der Waals surface area contributed by atoms with E-state index in [1.807, 2.05) is 44.2 Å². The first kappa shape index (κ1) is 11.9. The number of hydrogen-bond donors (Lipinski definition) is 1. The number of urea groups is 1. The normalized spacial score (nSPS) is 24.5. The number of hydrogen-bond acceptors (Lipinski definition) is 2. The second-order valence-corrected chi connectivity index (χ2v) is 4.46. The van der Waals surface area contributed by atoms with Crippen molar-refractivity contribution in [2.45, 2.75) is 26.1 Å². The molecule has 92 valence electrons. The number of morpholine rings is 1. The topological polar surface area (TPSA) is 41.6 Å². The summed E-state index contributed by atoms with van der Waals surface area (Å²) in [6.07, 6.45) is 0.195. The van der Waals surface area contributed by atoms with Crippen LogP contribution in [0.5, 0.6) is 0 Å². The van der Waals surface area contributed by atoms with Gasteiger partial charge in [-0.1, -0.05) is 18.2 Å². The van der Waals surface area contributed by atoms with Crippen LogP contribution in [0.2, 0.25) is 0 Å². The third-order valence-electron chi connectivity index (χ3n) is 2.73. The number of nitrogens with zero attached hydrogens (tertiary/aromatic N) is 1. The van der Waals surface area contributed by atoms with Crippen LogP contribution in [0.15, 0.2) is 30.3 Å². The van der Waals surface area contributed by atoms with Crippen LogP contribution in [0.4, 0.5) is 10.5 Å². The second-order valence-electron chi connectivity index (χ2n) is 4.46. The summed E-state index contributed by atoms with van der Waals surface area (Å²) < 4.78 is 5.60. The van der Waals surface area contributed by atoms with E-state index in [4.69, 9.17) is 4.74 Å². The standard InChI is InChI=1S/C13H18N2O2/c1-10-8-15(9-11(2)17-10)13(16)14-12-6-4-3-5-7-12/h3-7,10-11H,8-9H2,1-2H3,(H,14,16)/t10-,11+. The Morgan fingerprint density at radius 1 is 1.24 bits per heavy atom. The van der Waals surface area contributed by atoms with Gasteiger partial charge in [-0.2, -0.15) is 0 Å². The molecule has 17 heavy (non-hydrogen) atoms.